The molecule has 1 amide bonds. The predicted octanol–water partition coefficient (Wildman–Crippen LogP) is 2.55. The summed E-state index contributed by atoms with van der Waals surface area (Å²) in [5, 5.41) is 2.75. The Morgan fingerprint density at radius 3 is 1.32 bits per heavy atom. The third-order valence-electron chi connectivity index (χ3n) is 4.33. The van der Waals surface area contributed by atoms with Gasteiger partial charge in [-0.05, 0) is 6.42 Å². The first-order chi connectivity index (χ1) is 12.8. The van der Waals surface area contributed by atoms with E-state index >= 15 is 0 Å². The monoisotopic (exact) mass is 431 g/mol. The van der Waals surface area contributed by atoms with Crippen LogP contribution in [0.15, 0.2) is 0 Å². The molecule has 8 heteroatoms. The third kappa shape index (κ3) is 40.9. The maximum absolute atomic E-state index is 11.2. The molecule has 0 heterocycles. The van der Waals surface area contributed by atoms with E-state index in [1.54, 1.807) is 0 Å². The normalized spacial score (nSPS) is 10.6. The topological polar surface area (TPSA) is 104 Å². The molecule has 0 atom stereocenters. The maximum atomic E-state index is 11.2. The first-order valence-corrected chi connectivity index (χ1v) is 12.0. The Morgan fingerprint density at radius 2 is 1.04 bits per heavy atom. The molecular weight excluding hydrogens is 389 g/mol. The molecule has 0 rings (SSSR count). The van der Waals surface area contributed by atoms with Crippen molar-refractivity contribution in [3.8, 4) is 0 Å². The van der Waals surface area contributed by atoms with Gasteiger partial charge in [-0.15, -0.1) is 6.54 Å². The van der Waals surface area contributed by atoms with Crippen molar-refractivity contribution in [1.29, 1.82) is 0 Å². The van der Waals surface area contributed by atoms with E-state index in [0.717, 1.165) is 6.42 Å². The standard InChI is InChI=1S/C20H40NO.Na.H2O4S/c1-3-5-6-7-8-9-10-11-12-13-14-15-16-17-18-19-20(22)21-4-2;;1-5(2,3)4/h2-19H2,1H3,(H,21,22);;(H2,1,2,3,4)/q-1;+1;. The van der Waals surface area contributed by atoms with Gasteiger partial charge in [0.1, 0.15) is 0 Å². The smallest absolute Gasteiger partial charge is 0.386 e. The molecule has 164 valence electrons. The Labute approximate surface area is 195 Å². The van der Waals surface area contributed by atoms with Gasteiger partial charge in [-0.25, -0.2) is 0 Å². The molecule has 0 saturated heterocycles. The number of carbonyl (C=O) groups is 1. The van der Waals surface area contributed by atoms with Crippen LogP contribution in [0.3, 0.4) is 0 Å². The molecule has 0 aromatic rings. The van der Waals surface area contributed by atoms with Crippen LogP contribution in [0.5, 0.6) is 0 Å². The molecule has 28 heavy (non-hydrogen) atoms. The Kier molecular flexibility index (Phi) is 29.9. The van der Waals surface area contributed by atoms with E-state index in [-0.39, 0.29) is 35.5 Å². The Morgan fingerprint density at radius 1 is 0.750 bits per heavy atom. The molecular formula is C20H42NNaO5S. The predicted molar refractivity (Wildman–Crippen MR) is 112 cm³/mol. The molecule has 0 aliphatic rings. The number of hydrogen-bond donors (Lipinski definition) is 3. The van der Waals surface area contributed by atoms with Crippen LogP contribution >= 0.6 is 0 Å². The van der Waals surface area contributed by atoms with E-state index in [1.807, 2.05) is 0 Å². The van der Waals surface area contributed by atoms with Gasteiger partial charge in [-0.2, -0.15) is 8.42 Å². The van der Waals surface area contributed by atoms with Crippen LogP contribution in [0, 0.1) is 6.92 Å². The fraction of sp³-hybridized carbons (Fsp3) is 0.900. The van der Waals surface area contributed by atoms with Gasteiger partial charge in [-0.3, -0.25) is 13.9 Å². The Hall–Kier alpha value is 0.340. The number of carbonyl (C=O) groups excluding carboxylic acids is 1. The van der Waals surface area contributed by atoms with Gasteiger partial charge in [0, 0.05) is 6.42 Å². The first kappa shape index (κ1) is 33.0. The van der Waals surface area contributed by atoms with Gasteiger partial charge in [0.15, 0.2) is 0 Å². The molecule has 0 saturated carbocycles. The minimum absolute atomic E-state index is 0. The van der Waals surface area contributed by atoms with Crippen molar-refractivity contribution in [3.63, 3.8) is 0 Å². The second-order valence-electron chi connectivity index (χ2n) is 7.00. The van der Waals surface area contributed by atoms with Gasteiger partial charge in [0.25, 0.3) is 0 Å². The van der Waals surface area contributed by atoms with E-state index in [4.69, 9.17) is 17.5 Å². The van der Waals surface area contributed by atoms with E-state index in [0.29, 0.717) is 13.0 Å². The minimum Gasteiger partial charge on any atom is -0.386 e. The largest absolute Gasteiger partial charge is 1.00 e. The molecule has 3 N–H and O–H groups in total. The molecule has 0 aliphatic carbocycles. The van der Waals surface area contributed by atoms with Crippen LogP contribution in [-0.2, 0) is 15.2 Å². The SMILES string of the molecule is O=S(=O)(O)O.[CH2-]CNC(=O)CCCCCCCCCCCCCCCCC.[Na+]. The summed E-state index contributed by atoms with van der Waals surface area (Å²) in [5.41, 5.74) is 0. The van der Waals surface area contributed by atoms with Crippen LogP contribution in [0.1, 0.15) is 110 Å². The van der Waals surface area contributed by atoms with Crippen LogP contribution in [0.4, 0.5) is 0 Å². The molecule has 0 spiro atoms. The molecule has 0 aromatic carbocycles. The van der Waals surface area contributed by atoms with Crippen molar-refractivity contribution in [2.24, 2.45) is 0 Å². The molecule has 0 aromatic heterocycles. The van der Waals surface area contributed by atoms with E-state index in [1.165, 1.54) is 89.9 Å². The zero-order chi connectivity index (χ0) is 20.8. The number of nitrogens with one attached hydrogen (secondary N) is 1. The van der Waals surface area contributed by atoms with Crippen LogP contribution in [-0.4, -0.2) is 30.0 Å². The summed E-state index contributed by atoms with van der Waals surface area (Å²) >= 11 is 0. The first-order valence-electron chi connectivity index (χ1n) is 10.6. The number of unbranched alkanes of at least 4 members (excludes halogenated alkanes) is 14. The van der Waals surface area contributed by atoms with E-state index < -0.39 is 10.4 Å². The van der Waals surface area contributed by atoms with E-state index in [2.05, 4.69) is 19.2 Å². The van der Waals surface area contributed by atoms with Crippen molar-refractivity contribution in [2.45, 2.75) is 110 Å². The number of rotatable bonds is 17. The minimum atomic E-state index is -4.67. The fourth-order valence-electron chi connectivity index (χ4n) is 2.88. The van der Waals surface area contributed by atoms with Crippen molar-refractivity contribution in [2.75, 3.05) is 6.54 Å². The van der Waals surface area contributed by atoms with Crippen molar-refractivity contribution >= 4 is 16.3 Å². The van der Waals surface area contributed by atoms with Gasteiger partial charge in [-0.1, -0.05) is 96.8 Å². The number of hydrogen-bond acceptors (Lipinski definition) is 3. The molecule has 0 bridgehead atoms. The third-order valence-corrected chi connectivity index (χ3v) is 4.33. The van der Waals surface area contributed by atoms with Crippen LogP contribution < -0.4 is 34.9 Å². The maximum Gasteiger partial charge on any atom is 1.00 e. The molecule has 0 radical (unpaired) electrons. The average Bonchev–Trinajstić information content (AvgIpc) is 2.57. The molecule has 6 nitrogen and oxygen atoms in total. The Bertz CT molecular complexity index is 411. The number of amides is 1. The summed E-state index contributed by atoms with van der Waals surface area (Å²) in [6.07, 6.45) is 21.1. The molecule has 0 fully saturated rings. The summed E-state index contributed by atoms with van der Waals surface area (Å²) in [7, 11) is -4.67. The van der Waals surface area contributed by atoms with Crippen molar-refractivity contribution in [1.82, 2.24) is 5.32 Å². The van der Waals surface area contributed by atoms with Gasteiger partial charge in [0.2, 0.25) is 5.91 Å². The van der Waals surface area contributed by atoms with E-state index in [9.17, 15) is 4.79 Å². The van der Waals surface area contributed by atoms with Crippen LogP contribution in [0.25, 0.3) is 0 Å². The summed E-state index contributed by atoms with van der Waals surface area (Å²) in [4.78, 5) is 11.2. The van der Waals surface area contributed by atoms with Gasteiger partial charge < -0.3 is 12.2 Å². The second-order valence-corrected chi connectivity index (χ2v) is 7.89. The van der Waals surface area contributed by atoms with Crippen LogP contribution in [0.2, 0.25) is 0 Å². The summed E-state index contributed by atoms with van der Waals surface area (Å²) in [6.45, 7) is 6.41. The van der Waals surface area contributed by atoms with Gasteiger partial charge in [0.05, 0.1) is 0 Å². The zero-order valence-corrected chi connectivity index (χ0v) is 21.1. The molecule has 0 aliphatic heterocycles. The van der Waals surface area contributed by atoms with Gasteiger partial charge >= 0.3 is 40.0 Å². The summed E-state index contributed by atoms with van der Waals surface area (Å²) < 4.78 is 31.6. The molecule has 0 unspecified atom stereocenters. The Balaban J connectivity index is -0.000000918. The van der Waals surface area contributed by atoms with Crippen molar-refractivity contribution in [3.05, 3.63) is 6.92 Å². The second kappa shape index (κ2) is 25.4. The fourth-order valence-corrected chi connectivity index (χ4v) is 2.88. The summed E-state index contributed by atoms with van der Waals surface area (Å²) in [5.74, 6) is 0.157. The zero-order valence-electron chi connectivity index (χ0n) is 18.3. The van der Waals surface area contributed by atoms with Crippen molar-refractivity contribution < 1.29 is 51.9 Å². The average molecular weight is 432 g/mol. The summed E-state index contributed by atoms with van der Waals surface area (Å²) in [6, 6.07) is 0. The quantitative estimate of drug-likeness (QED) is 0.142.